The Morgan fingerprint density at radius 2 is 1.74 bits per heavy atom. The molecule has 3 aromatic carbocycles. The number of nitrogens with one attached hydrogen (secondary N) is 2. The molecule has 7 heteroatoms. The van der Waals surface area contributed by atoms with E-state index in [1.807, 2.05) is 42.5 Å². The average Bonchev–Trinajstić information content (AvgIpc) is 2.70. The molecule has 27 heavy (non-hydrogen) atoms. The summed E-state index contributed by atoms with van der Waals surface area (Å²) in [7, 11) is 0. The Morgan fingerprint density at radius 3 is 2.44 bits per heavy atom. The second kappa shape index (κ2) is 8.09. The van der Waals surface area contributed by atoms with Gasteiger partial charge in [-0.2, -0.15) is 5.10 Å². The molecule has 3 rings (SSSR count). The number of benzene rings is 3. The van der Waals surface area contributed by atoms with Crippen molar-refractivity contribution in [3.05, 3.63) is 82.4 Å². The van der Waals surface area contributed by atoms with Crippen LogP contribution in [0.4, 0.5) is 11.4 Å². The van der Waals surface area contributed by atoms with Gasteiger partial charge in [0.05, 0.1) is 17.2 Å². The molecule has 0 radical (unpaired) electrons. The lowest BCUT2D eigenvalue weighted by Gasteiger charge is -2.07. The van der Waals surface area contributed by atoms with Gasteiger partial charge in [0, 0.05) is 17.8 Å². The number of hydrogen-bond acceptors (Lipinski definition) is 5. The topological polar surface area (TPSA) is 96.6 Å². The first-order valence-electron chi connectivity index (χ1n) is 8.33. The maximum Gasteiger partial charge on any atom is 0.269 e. The zero-order valence-electron chi connectivity index (χ0n) is 14.7. The highest BCUT2D eigenvalue weighted by atomic mass is 16.6. The van der Waals surface area contributed by atoms with E-state index in [0.717, 1.165) is 16.5 Å². The number of fused-ring (bicyclic) bond motifs is 1. The third-order valence-electron chi connectivity index (χ3n) is 4.05. The number of nitrogens with zero attached hydrogens (tertiary/aromatic N) is 2. The lowest BCUT2D eigenvalue weighted by molar-refractivity contribution is -0.384. The summed E-state index contributed by atoms with van der Waals surface area (Å²) in [6.45, 7) is 1.80. The molecule has 0 fully saturated rings. The zero-order chi connectivity index (χ0) is 19.2. The summed E-state index contributed by atoms with van der Waals surface area (Å²) in [5.74, 6) is -0.288. The average molecular weight is 362 g/mol. The van der Waals surface area contributed by atoms with Crippen molar-refractivity contribution in [2.45, 2.75) is 6.92 Å². The summed E-state index contributed by atoms with van der Waals surface area (Å²) in [6.07, 6.45) is 0. The van der Waals surface area contributed by atoms with Crippen LogP contribution in [-0.2, 0) is 4.79 Å². The number of carbonyl (C=O) groups excluding carboxylic acids is 1. The van der Waals surface area contributed by atoms with Gasteiger partial charge in [-0.05, 0) is 47.5 Å². The van der Waals surface area contributed by atoms with Crippen LogP contribution in [0.1, 0.15) is 12.5 Å². The van der Waals surface area contributed by atoms with Crippen LogP contribution < -0.4 is 10.7 Å². The van der Waals surface area contributed by atoms with E-state index in [1.54, 1.807) is 19.1 Å². The van der Waals surface area contributed by atoms with E-state index < -0.39 is 4.92 Å². The molecular weight excluding hydrogens is 344 g/mol. The molecule has 7 nitrogen and oxygen atoms in total. The predicted octanol–water partition coefficient (Wildman–Crippen LogP) is 3.70. The Bertz CT molecular complexity index is 1010. The van der Waals surface area contributed by atoms with E-state index >= 15 is 0 Å². The smallest absolute Gasteiger partial charge is 0.269 e. The highest BCUT2D eigenvalue weighted by molar-refractivity contribution is 5.99. The molecule has 0 aromatic heterocycles. The Hall–Kier alpha value is -3.74. The lowest BCUT2D eigenvalue weighted by Crippen LogP contribution is -2.26. The summed E-state index contributed by atoms with van der Waals surface area (Å²) in [5.41, 5.74) is 4.59. The molecule has 0 spiro atoms. The lowest BCUT2D eigenvalue weighted by atomic mass is 10.1. The highest BCUT2D eigenvalue weighted by Gasteiger charge is 2.06. The van der Waals surface area contributed by atoms with Crippen molar-refractivity contribution in [3.8, 4) is 0 Å². The molecule has 136 valence electrons. The van der Waals surface area contributed by atoms with Crippen molar-refractivity contribution in [2.24, 2.45) is 5.10 Å². The maximum absolute atomic E-state index is 12.0. The minimum Gasteiger partial charge on any atom is -0.376 e. The summed E-state index contributed by atoms with van der Waals surface area (Å²) < 4.78 is 0. The third kappa shape index (κ3) is 4.66. The third-order valence-corrected chi connectivity index (χ3v) is 4.05. The first-order chi connectivity index (χ1) is 13.0. The van der Waals surface area contributed by atoms with Gasteiger partial charge in [-0.25, -0.2) is 5.43 Å². The fraction of sp³-hybridized carbons (Fsp3) is 0.100. The number of nitro groups is 1. The van der Waals surface area contributed by atoms with Crippen molar-refractivity contribution < 1.29 is 9.72 Å². The standard InChI is InChI=1S/C20H18N4O3/c1-14(15-7-10-19(11-8-15)24(26)27)22-23-20(25)13-21-18-9-6-16-4-2-3-5-17(16)12-18/h2-12,21H,13H2,1H3,(H,23,25)/b22-14-. The number of anilines is 1. The molecule has 0 aliphatic rings. The fourth-order valence-corrected chi connectivity index (χ4v) is 2.56. The number of carbonyl (C=O) groups is 1. The number of rotatable bonds is 6. The first kappa shape index (κ1) is 18.1. The SMILES string of the molecule is C/C(=N/NC(=O)CNc1ccc2ccccc2c1)c1ccc([N+](=O)[O-])cc1. The van der Waals surface area contributed by atoms with Crippen molar-refractivity contribution in [1.82, 2.24) is 5.43 Å². The van der Waals surface area contributed by atoms with Gasteiger partial charge in [-0.3, -0.25) is 14.9 Å². The molecule has 0 atom stereocenters. The number of non-ortho nitro benzene ring substituents is 1. The molecule has 0 saturated heterocycles. The molecule has 0 bridgehead atoms. The Balaban J connectivity index is 1.56. The first-order valence-corrected chi connectivity index (χ1v) is 8.33. The normalized spacial score (nSPS) is 11.2. The van der Waals surface area contributed by atoms with Crippen LogP contribution in [0.25, 0.3) is 10.8 Å². The monoisotopic (exact) mass is 362 g/mol. The molecule has 3 aromatic rings. The molecule has 1 amide bonds. The molecule has 0 saturated carbocycles. The van der Waals surface area contributed by atoms with E-state index in [0.29, 0.717) is 11.3 Å². The largest absolute Gasteiger partial charge is 0.376 e. The molecule has 2 N–H and O–H groups in total. The molecule has 0 aliphatic heterocycles. The fourth-order valence-electron chi connectivity index (χ4n) is 2.56. The van der Waals surface area contributed by atoms with Crippen LogP contribution in [0.5, 0.6) is 0 Å². The van der Waals surface area contributed by atoms with Crippen LogP contribution in [0.3, 0.4) is 0 Å². The minimum absolute atomic E-state index is 0.00942. The molecule has 0 heterocycles. The van der Waals surface area contributed by atoms with Gasteiger partial charge in [0.25, 0.3) is 11.6 Å². The van der Waals surface area contributed by atoms with E-state index in [9.17, 15) is 14.9 Å². The second-order valence-corrected chi connectivity index (χ2v) is 5.95. The van der Waals surface area contributed by atoms with Crippen molar-refractivity contribution in [2.75, 3.05) is 11.9 Å². The number of hydrogen-bond donors (Lipinski definition) is 2. The van der Waals surface area contributed by atoms with Crippen LogP contribution in [0.15, 0.2) is 71.8 Å². The molecular formula is C20H18N4O3. The Labute approximate surface area is 155 Å². The Kier molecular flexibility index (Phi) is 5.41. The van der Waals surface area contributed by atoms with Crippen molar-refractivity contribution in [3.63, 3.8) is 0 Å². The van der Waals surface area contributed by atoms with Crippen LogP contribution >= 0.6 is 0 Å². The predicted molar refractivity (Wildman–Crippen MR) is 106 cm³/mol. The molecule has 0 aliphatic carbocycles. The van der Waals surface area contributed by atoms with Gasteiger partial charge in [-0.15, -0.1) is 0 Å². The zero-order valence-corrected chi connectivity index (χ0v) is 14.7. The van der Waals surface area contributed by atoms with E-state index in [2.05, 4.69) is 15.8 Å². The number of hydrazone groups is 1. The van der Waals surface area contributed by atoms with Crippen molar-refractivity contribution in [1.29, 1.82) is 0 Å². The maximum atomic E-state index is 12.0. The molecule has 0 unspecified atom stereocenters. The quantitative estimate of drug-likeness (QED) is 0.397. The van der Waals surface area contributed by atoms with Gasteiger partial charge < -0.3 is 5.32 Å². The van der Waals surface area contributed by atoms with Gasteiger partial charge in [-0.1, -0.05) is 30.3 Å². The summed E-state index contributed by atoms with van der Waals surface area (Å²) in [5, 5.41) is 20.0. The van der Waals surface area contributed by atoms with Gasteiger partial charge in [0.15, 0.2) is 0 Å². The summed E-state index contributed by atoms with van der Waals surface area (Å²) >= 11 is 0. The highest BCUT2D eigenvalue weighted by Crippen LogP contribution is 2.18. The summed E-state index contributed by atoms with van der Waals surface area (Å²) in [6, 6.07) is 19.9. The van der Waals surface area contributed by atoms with Crippen molar-refractivity contribution >= 4 is 33.8 Å². The van der Waals surface area contributed by atoms with Gasteiger partial charge in [0.1, 0.15) is 0 Å². The van der Waals surface area contributed by atoms with Crippen LogP contribution in [0.2, 0.25) is 0 Å². The van der Waals surface area contributed by atoms with Gasteiger partial charge >= 0.3 is 0 Å². The van der Waals surface area contributed by atoms with Crippen LogP contribution in [-0.4, -0.2) is 23.1 Å². The summed E-state index contributed by atoms with van der Waals surface area (Å²) in [4.78, 5) is 22.2. The van der Waals surface area contributed by atoms with E-state index in [-0.39, 0.29) is 18.1 Å². The Morgan fingerprint density at radius 1 is 1.04 bits per heavy atom. The minimum atomic E-state index is -0.462. The number of amides is 1. The second-order valence-electron chi connectivity index (χ2n) is 5.95. The number of nitro benzene ring substituents is 1. The van der Waals surface area contributed by atoms with Crippen LogP contribution in [0, 0.1) is 10.1 Å². The van der Waals surface area contributed by atoms with E-state index in [1.165, 1.54) is 12.1 Å². The van der Waals surface area contributed by atoms with E-state index in [4.69, 9.17) is 0 Å². The van der Waals surface area contributed by atoms with Gasteiger partial charge in [0.2, 0.25) is 0 Å².